The first-order valence-electron chi connectivity index (χ1n) is 10.6. The molecule has 6 nitrogen and oxygen atoms in total. The van der Waals surface area contributed by atoms with E-state index in [-0.39, 0.29) is 5.91 Å². The van der Waals surface area contributed by atoms with Crippen LogP contribution >= 0.6 is 0 Å². The van der Waals surface area contributed by atoms with Crippen LogP contribution in [0.15, 0.2) is 42.5 Å². The molecule has 0 aromatic heterocycles. The van der Waals surface area contributed by atoms with Crippen LogP contribution in [0, 0.1) is 0 Å². The molecule has 0 bridgehead atoms. The number of quaternary nitrogens is 1. The number of para-hydroxylation sites is 1. The first kappa shape index (κ1) is 18.3. The van der Waals surface area contributed by atoms with Crippen molar-refractivity contribution < 1.29 is 19.2 Å². The summed E-state index contributed by atoms with van der Waals surface area (Å²) in [4.78, 5) is 18.7. The number of benzene rings is 2. The van der Waals surface area contributed by atoms with E-state index in [1.807, 2.05) is 11.0 Å². The highest BCUT2D eigenvalue weighted by Crippen LogP contribution is 2.32. The summed E-state index contributed by atoms with van der Waals surface area (Å²) >= 11 is 0. The molecule has 5 rings (SSSR count). The average molecular weight is 394 g/mol. The van der Waals surface area contributed by atoms with Gasteiger partial charge in [-0.15, -0.1) is 0 Å². The maximum Gasteiger partial charge on any atom is 0.242 e. The van der Waals surface area contributed by atoms with Crippen LogP contribution in [0.25, 0.3) is 0 Å². The number of carbonyl (C=O) groups excluding carboxylic acids is 1. The van der Waals surface area contributed by atoms with Crippen molar-refractivity contribution in [3.63, 3.8) is 0 Å². The van der Waals surface area contributed by atoms with Gasteiger partial charge in [-0.3, -0.25) is 4.79 Å². The van der Waals surface area contributed by atoms with Crippen LogP contribution in [0.4, 0.5) is 5.69 Å². The third-order valence-electron chi connectivity index (χ3n) is 6.25. The van der Waals surface area contributed by atoms with Gasteiger partial charge >= 0.3 is 0 Å². The minimum absolute atomic E-state index is 0.254. The Kier molecular flexibility index (Phi) is 5.02. The number of ether oxygens (including phenoxy) is 2. The third kappa shape index (κ3) is 3.90. The van der Waals surface area contributed by atoms with E-state index in [1.54, 1.807) is 0 Å². The zero-order valence-corrected chi connectivity index (χ0v) is 16.7. The fourth-order valence-corrected chi connectivity index (χ4v) is 4.63. The number of rotatable bonds is 4. The van der Waals surface area contributed by atoms with E-state index in [4.69, 9.17) is 9.47 Å². The van der Waals surface area contributed by atoms with Gasteiger partial charge < -0.3 is 24.2 Å². The van der Waals surface area contributed by atoms with Crippen molar-refractivity contribution in [3.8, 4) is 11.5 Å². The molecule has 0 atom stereocenters. The maximum atomic E-state index is 12.9. The summed E-state index contributed by atoms with van der Waals surface area (Å²) in [7, 11) is 0. The number of piperazine rings is 1. The number of fused-ring (bicyclic) bond motifs is 2. The molecule has 1 N–H and O–H groups in total. The number of nitrogens with one attached hydrogen (secondary N) is 1. The number of amides is 1. The Morgan fingerprint density at radius 3 is 2.72 bits per heavy atom. The first-order valence-corrected chi connectivity index (χ1v) is 10.6. The van der Waals surface area contributed by atoms with Gasteiger partial charge in [0.2, 0.25) is 12.7 Å². The topological polar surface area (TPSA) is 46.5 Å². The predicted octanol–water partition coefficient (Wildman–Crippen LogP) is 1.10. The lowest BCUT2D eigenvalue weighted by Crippen LogP contribution is -3.13. The van der Waals surface area contributed by atoms with E-state index in [0.29, 0.717) is 13.3 Å². The molecule has 0 spiro atoms. The van der Waals surface area contributed by atoms with Crippen LogP contribution in [0.3, 0.4) is 0 Å². The number of nitrogens with zero attached hydrogens (tertiary/aromatic N) is 2. The second kappa shape index (κ2) is 7.95. The van der Waals surface area contributed by atoms with Crippen LogP contribution in [0.2, 0.25) is 0 Å². The molecular weight excluding hydrogens is 366 g/mol. The van der Waals surface area contributed by atoms with E-state index >= 15 is 0 Å². The largest absolute Gasteiger partial charge is 0.454 e. The minimum Gasteiger partial charge on any atom is -0.454 e. The Bertz CT molecular complexity index is 893. The molecule has 0 radical (unpaired) electrons. The number of hydrogen-bond donors (Lipinski definition) is 1. The molecule has 3 aliphatic heterocycles. The molecule has 1 fully saturated rings. The second-order valence-electron chi connectivity index (χ2n) is 8.15. The lowest BCUT2D eigenvalue weighted by Gasteiger charge is -2.35. The molecular formula is C23H28N3O3+. The average Bonchev–Trinajstić information content (AvgIpc) is 3.22. The van der Waals surface area contributed by atoms with Crippen LogP contribution < -0.4 is 19.3 Å². The summed E-state index contributed by atoms with van der Waals surface area (Å²) in [5, 5.41) is 0. The summed E-state index contributed by atoms with van der Waals surface area (Å²) < 4.78 is 10.9. The molecule has 3 aliphatic rings. The van der Waals surface area contributed by atoms with Gasteiger partial charge in [-0.25, -0.2) is 0 Å². The SMILES string of the molecule is O=C(CN1CCCc2ccccc21)N1CC[NH+](Cc2ccc3c(c2)OCO3)CC1. The standard InChI is InChI=1S/C23H27N3O3/c27-23(16-26-9-3-5-19-4-1-2-6-20(19)26)25-12-10-24(11-13-25)15-18-7-8-21-22(14-18)29-17-28-21/h1-2,4,6-8,14H,3,5,9-13,15-17H2/p+1. The van der Waals surface area contributed by atoms with Crippen molar-refractivity contribution in [2.24, 2.45) is 0 Å². The van der Waals surface area contributed by atoms with Gasteiger partial charge in [0, 0.05) is 17.8 Å². The zero-order valence-electron chi connectivity index (χ0n) is 16.7. The van der Waals surface area contributed by atoms with Crippen molar-refractivity contribution in [3.05, 3.63) is 53.6 Å². The van der Waals surface area contributed by atoms with Gasteiger partial charge in [-0.05, 0) is 42.7 Å². The number of hydrogen-bond acceptors (Lipinski definition) is 4. The summed E-state index contributed by atoms with van der Waals surface area (Å²) in [6, 6.07) is 14.7. The van der Waals surface area contributed by atoms with E-state index < -0.39 is 0 Å². The minimum atomic E-state index is 0.254. The lowest BCUT2D eigenvalue weighted by atomic mass is 10.0. The highest BCUT2D eigenvalue weighted by Gasteiger charge is 2.27. The Balaban J connectivity index is 1.14. The zero-order chi connectivity index (χ0) is 19.6. The second-order valence-corrected chi connectivity index (χ2v) is 8.15. The van der Waals surface area contributed by atoms with Crippen molar-refractivity contribution in [2.75, 3.05) is 51.0 Å². The van der Waals surface area contributed by atoms with Crippen LogP contribution in [-0.2, 0) is 17.8 Å². The maximum absolute atomic E-state index is 12.9. The summed E-state index contributed by atoms with van der Waals surface area (Å²) in [6.07, 6.45) is 2.24. The van der Waals surface area contributed by atoms with Crippen molar-refractivity contribution >= 4 is 11.6 Å². The highest BCUT2D eigenvalue weighted by atomic mass is 16.7. The van der Waals surface area contributed by atoms with Gasteiger partial charge in [0.15, 0.2) is 11.5 Å². The molecule has 152 valence electrons. The van der Waals surface area contributed by atoms with E-state index in [9.17, 15) is 4.79 Å². The number of aryl methyl sites for hydroxylation is 1. The molecule has 1 amide bonds. The van der Waals surface area contributed by atoms with Crippen molar-refractivity contribution in [2.45, 2.75) is 19.4 Å². The van der Waals surface area contributed by atoms with Gasteiger partial charge in [0.25, 0.3) is 0 Å². The van der Waals surface area contributed by atoms with E-state index in [1.165, 1.54) is 21.7 Å². The molecule has 0 aliphatic carbocycles. The number of anilines is 1. The quantitative estimate of drug-likeness (QED) is 0.844. The molecule has 0 unspecified atom stereocenters. The number of carbonyl (C=O) groups is 1. The van der Waals surface area contributed by atoms with Gasteiger partial charge in [-0.1, -0.05) is 18.2 Å². The monoisotopic (exact) mass is 394 g/mol. The highest BCUT2D eigenvalue weighted by molar-refractivity contribution is 5.82. The molecule has 0 saturated carbocycles. The molecule has 2 aromatic rings. The lowest BCUT2D eigenvalue weighted by molar-refractivity contribution is -0.917. The molecule has 6 heteroatoms. The van der Waals surface area contributed by atoms with E-state index in [2.05, 4.69) is 41.3 Å². The third-order valence-corrected chi connectivity index (χ3v) is 6.25. The Hall–Kier alpha value is -2.73. The summed E-state index contributed by atoms with van der Waals surface area (Å²) in [5.41, 5.74) is 3.86. The smallest absolute Gasteiger partial charge is 0.242 e. The molecule has 3 heterocycles. The normalized spacial score (nSPS) is 18.6. The van der Waals surface area contributed by atoms with Gasteiger partial charge in [0.05, 0.1) is 32.7 Å². The van der Waals surface area contributed by atoms with Gasteiger partial charge in [-0.2, -0.15) is 0 Å². The summed E-state index contributed by atoms with van der Waals surface area (Å²) in [6.45, 7) is 6.36. The Labute approximate surface area is 171 Å². The van der Waals surface area contributed by atoms with E-state index in [0.717, 1.165) is 63.6 Å². The summed E-state index contributed by atoms with van der Waals surface area (Å²) in [5.74, 6) is 1.93. The van der Waals surface area contributed by atoms with Crippen LogP contribution in [0.5, 0.6) is 11.5 Å². The molecule has 29 heavy (non-hydrogen) atoms. The molecule has 1 saturated heterocycles. The predicted molar refractivity (Wildman–Crippen MR) is 111 cm³/mol. The molecule has 2 aromatic carbocycles. The van der Waals surface area contributed by atoms with Crippen LogP contribution in [0.1, 0.15) is 17.5 Å². The van der Waals surface area contributed by atoms with Crippen molar-refractivity contribution in [1.82, 2.24) is 4.90 Å². The Morgan fingerprint density at radius 1 is 1.00 bits per heavy atom. The van der Waals surface area contributed by atoms with Crippen LogP contribution in [-0.4, -0.2) is 56.9 Å². The Morgan fingerprint density at radius 2 is 1.83 bits per heavy atom. The van der Waals surface area contributed by atoms with Crippen molar-refractivity contribution in [1.29, 1.82) is 0 Å². The van der Waals surface area contributed by atoms with Gasteiger partial charge in [0.1, 0.15) is 6.54 Å². The fraction of sp³-hybridized carbons (Fsp3) is 0.435. The fourth-order valence-electron chi connectivity index (χ4n) is 4.63. The first-order chi connectivity index (χ1) is 14.3.